The predicted octanol–water partition coefficient (Wildman–Crippen LogP) is 2.92. The van der Waals surface area contributed by atoms with Crippen molar-refractivity contribution in [3.63, 3.8) is 0 Å². The molecule has 4 heteroatoms. The molecule has 1 rings (SSSR count). The quantitative estimate of drug-likeness (QED) is 0.642. The van der Waals surface area contributed by atoms with Gasteiger partial charge in [0.05, 0.1) is 0 Å². The number of nitrogens with zero attached hydrogens (tertiary/aromatic N) is 1. The highest BCUT2D eigenvalue weighted by Crippen LogP contribution is 2.22. The minimum atomic E-state index is -0.202. The Morgan fingerprint density at radius 2 is 1.80 bits per heavy atom. The van der Waals surface area contributed by atoms with Crippen molar-refractivity contribution in [1.29, 1.82) is 0 Å². The topological polar surface area (TPSA) is 36.4 Å². The molecule has 0 bridgehead atoms. The van der Waals surface area contributed by atoms with E-state index in [9.17, 15) is 4.39 Å². The molecule has 1 aromatic carbocycles. The van der Waals surface area contributed by atoms with E-state index >= 15 is 0 Å². The van der Waals surface area contributed by atoms with Gasteiger partial charge < -0.3 is 10.6 Å². The highest BCUT2D eigenvalue weighted by molar-refractivity contribution is 5.79. The van der Waals surface area contributed by atoms with E-state index < -0.39 is 0 Å². The van der Waals surface area contributed by atoms with Crippen molar-refractivity contribution in [2.45, 2.75) is 33.1 Å². The van der Waals surface area contributed by atoms with Gasteiger partial charge in [-0.05, 0) is 23.6 Å². The summed E-state index contributed by atoms with van der Waals surface area (Å²) in [6.45, 7) is 10.2. The normalized spacial score (nSPS) is 12.7. The minimum absolute atomic E-state index is 0.0941. The maximum Gasteiger partial charge on any atom is 0.191 e. The van der Waals surface area contributed by atoms with Gasteiger partial charge in [0, 0.05) is 25.6 Å². The first-order chi connectivity index (χ1) is 9.35. The Morgan fingerprint density at radius 1 is 1.20 bits per heavy atom. The lowest BCUT2D eigenvalue weighted by Crippen LogP contribution is -2.44. The molecule has 0 fully saturated rings. The summed E-state index contributed by atoms with van der Waals surface area (Å²) in [5.41, 5.74) is 1.01. The van der Waals surface area contributed by atoms with Gasteiger partial charge in [-0.3, -0.25) is 4.99 Å². The molecule has 0 unspecified atom stereocenters. The third-order valence-electron chi connectivity index (χ3n) is 3.22. The van der Waals surface area contributed by atoms with E-state index in [-0.39, 0.29) is 11.2 Å². The highest BCUT2D eigenvalue weighted by atomic mass is 19.1. The van der Waals surface area contributed by atoms with Crippen LogP contribution in [0.4, 0.5) is 4.39 Å². The van der Waals surface area contributed by atoms with Crippen molar-refractivity contribution in [3.05, 3.63) is 35.6 Å². The monoisotopic (exact) mass is 279 g/mol. The second-order valence-electron chi connectivity index (χ2n) is 6.09. The zero-order chi connectivity index (χ0) is 15.2. The van der Waals surface area contributed by atoms with E-state index in [0.717, 1.165) is 24.6 Å². The molecule has 20 heavy (non-hydrogen) atoms. The predicted molar refractivity (Wildman–Crippen MR) is 83.6 cm³/mol. The van der Waals surface area contributed by atoms with Crippen molar-refractivity contribution < 1.29 is 4.39 Å². The third kappa shape index (κ3) is 5.19. The first kappa shape index (κ1) is 16.5. The van der Waals surface area contributed by atoms with Gasteiger partial charge in [-0.2, -0.15) is 0 Å². The van der Waals surface area contributed by atoms with E-state index in [2.05, 4.69) is 43.3 Å². The number of benzene rings is 1. The van der Waals surface area contributed by atoms with Gasteiger partial charge in [-0.15, -0.1) is 0 Å². The lowest BCUT2D eigenvalue weighted by molar-refractivity contribution is 0.504. The standard InChI is InChI=1S/C16H26FN3/c1-12(2)10-19-15(18-5)20-11-16(3,4)13-6-8-14(17)9-7-13/h6-9,12H,10-11H2,1-5H3,(H2,18,19,20). The van der Waals surface area contributed by atoms with E-state index in [1.165, 1.54) is 12.1 Å². The Labute approximate surface area is 121 Å². The van der Waals surface area contributed by atoms with Gasteiger partial charge in [-0.25, -0.2) is 4.39 Å². The molecular formula is C16H26FN3. The van der Waals surface area contributed by atoms with E-state index in [1.807, 2.05) is 12.1 Å². The van der Waals surface area contributed by atoms with E-state index in [1.54, 1.807) is 7.05 Å². The molecule has 3 nitrogen and oxygen atoms in total. The fourth-order valence-corrected chi connectivity index (χ4v) is 1.83. The fourth-order valence-electron chi connectivity index (χ4n) is 1.83. The molecule has 1 aromatic rings. The zero-order valence-corrected chi connectivity index (χ0v) is 13.1. The van der Waals surface area contributed by atoms with Crippen molar-refractivity contribution >= 4 is 5.96 Å². The Hall–Kier alpha value is -1.58. The van der Waals surface area contributed by atoms with Crippen LogP contribution in [0.1, 0.15) is 33.3 Å². The number of guanidine groups is 1. The second-order valence-corrected chi connectivity index (χ2v) is 6.09. The summed E-state index contributed by atoms with van der Waals surface area (Å²) in [5.74, 6) is 1.17. The van der Waals surface area contributed by atoms with Crippen LogP contribution in [-0.2, 0) is 5.41 Å². The number of hydrogen-bond donors (Lipinski definition) is 2. The van der Waals surface area contributed by atoms with Gasteiger partial charge >= 0.3 is 0 Å². The molecule has 0 saturated heterocycles. The highest BCUT2D eigenvalue weighted by Gasteiger charge is 2.20. The van der Waals surface area contributed by atoms with Crippen LogP contribution in [0.3, 0.4) is 0 Å². The molecule has 0 aliphatic rings. The fraction of sp³-hybridized carbons (Fsp3) is 0.562. The average Bonchev–Trinajstić information content (AvgIpc) is 2.39. The zero-order valence-electron chi connectivity index (χ0n) is 13.1. The minimum Gasteiger partial charge on any atom is -0.356 e. The van der Waals surface area contributed by atoms with Crippen molar-refractivity contribution in [1.82, 2.24) is 10.6 Å². The van der Waals surface area contributed by atoms with Crippen molar-refractivity contribution in [3.8, 4) is 0 Å². The van der Waals surface area contributed by atoms with Gasteiger partial charge in [0.15, 0.2) is 5.96 Å². The molecule has 0 spiro atoms. The van der Waals surface area contributed by atoms with Crippen LogP contribution in [0.25, 0.3) is 0 Å². The van der Waals surface area contributed by atoms with Crippen LogP contribution < -0.4 is 10.6 Å². The van der Waals surface area contributed by atoms with Gasteiger partial charge in [0.25, 0.3) is 0 Å². The molecule has 0 aromatic heterocycles. The lowest BCUT2D eigenvalue weighted by atomic mass is 9.84. The maximum atomic E-state index is 13.0. The van der Waals surface area contributed by atoms with Crippen molar-refractivity contribution in [2.24, 2.45) is 10.9 Å². The van der Waals surface area contributed by atoms with E-state index in [4.69, 9.17) is 0 Å². The van der Waals surface area contributed by atoms with Gasteiger partial charge in [0.1, 0.15) is 5.82 Å². The molecule has 0 heterocycles. The van der Waals surface area contributed by atoms with Crippen molar-refractivity contribution in [2.75, 3.05) is 20.1 Å². The molecule has 2 N–H and O–H groups in total. The number of nitrogens with one attached hydrogen (secondary N) is 2. The Balaban J connectivity index is 2.59. The molecule has 112 valence electrons. The number of aliphatic imine (C=N–C) groups is 1. The lowest BCUT2D eigenvalue weighted by Gasteiger charge is -2.27. The summed E-state index contributed by atoms with van der Waals surface area (Å²) >= 11 is 0. The van der Waals surface area contributed by atoms with Gasteiger partial charge in [0.2, 0.25) is 0 Å². The SMILES string of the molecule is CN=C(NCC(C)C)NCC(C)(C)c1ccc(F)cc1. The summed E-state index contributed by atoms with van der Waals surface area (Å²) in [7, 11) is 1.76. The Bertz CT molecular complexity index is 436. The molecule has 0 aliphatic heterocycles. The molecule has 0 saturated carbocycles. The van der Waals surface area contributed by atoms with E-state index in [0.29, 0.717) is 5.92 Å². The number of rotatable bonds is 5. The summed E-state index contributed by atoms with van der Waals surface area (Å²) < 4.78 is 13.0. The van der Waals surface area contributed by atoms with Crippen LogP contribution in [-0.4, -0.2) is 26.1 Å². The van der Waals surface area contributed by atoms with Crippen LogP contribution in [0, 0.1) is 11.7 Å². The summed E-state index contributed by atoms with van der Waals surface area (Å²) in [4.78, 5) is 4.21. The summed E-state index contributed by atoms with van der Waals surface area (Å²) in [6.07, 6.45) is 0. The summed E-state index contributed by atoms with van der Waals surface area (Å²) in [5, 5.41) is 6.60. The first-order valence-electron chi connectivity index (χ1n) is 7.05. The molecule has 0 atom stereocenters. The van der Waals surface area contributed by atoms with Crippen LogP contribution in [0.2, 0.25) is 0 Å². The molecule has 0 radical (unpaired) electrons. The molecule has 0 aliphatic carbocycles. The molecule has 0 amide bonds. The van der Waals surface area contributed by atoms with Crippen LogP contribution in [0.15, 0.2) is 29.3 Å². The Morgan fingerprint density at radius 3 is 2.30 bits per heavy atom. The average molecular weight is 279 g/mol. The molecular weight excluding hydrogens is 253 g/mol. The van der Waals surface area contributed by atoms with Gasteiger partial charge in [-0.1, -0.05) is 39.8 Å². The van der Waals surface area contributed by atoms with Crippen LogP contribution in [0.5, 0.6) is 0 Å². The third-order valence-corrected chi connectivity index (χ3v) is 3.22. The largest absolute Gasteiger partial charge is 0.356 e. The maximum absolute atomic E-state index is 13.0. The number of hydrogen-bond acceptors (Lipinski definition) is 1. The Kier molecular flexibility index (Phi) is 5.99. The van der Waals surface area contributed by atoms with Crippen LogP contribution >= 0.6 is 0 Å². The second kappa shape index (κ2) is 7.27. The number of halogens is 1. The first-order valence-corrected chi connectivity index (χ1v) is 7.05. The summed E-state index contributed by atoms with van der Waals surface area (Å²) in [6, 6.07) is 6.68. The smallest absolute Gasteiger partial charge is 0.191 e.